The largest absolute Gasteiger partial charge is 0.491 e. The summed E-state index contributed by atoms with van der Waals surface area (Å²) in [4.78, 5) is 7.38. The van der Waals surface area contributed by atoms with Gasteiger partial charge >= 0.3 is 0 Å². The average molecular weight is 295 g/mol. The number of aliphatic imine (C=N–C) groups is 2. The Bertz CT molecular complexity index is 460. The van der Waals surface area contributed by atoms with E-state index >= 15 is 0 Å². The maximum atomic E-state index is 5.70. The van der Waals surface area contributed by atoms with Crippen molar-refractivity contribution in [1.82, 2.24) is 0 Å². The monoisotopic (exact) mass is 294 g/mol. The predicted molar refractivity (Wildman–Crippen MR) is 84.3 cm³/mol. The molecule has 1 rings (SSSR count). The van der Waals surface area contributed by atoms with Crippen LogP contribution in [0.25, 0.3) is 0 Å². The molecule has 0 saturated carbocycles. The molecule has 0 aromatic rings. The highest BCUT2D eigenvalue weighted by Gasteiger charge is 2.14. The van der Waals surface area contributed by atoms with E-state index in [1.807, 2.05) is 0 Å². The topological polar surface area (TPSA) is 43.2 Å². The van der Waals surface area contributed by atoms with Crippen LogP contribution in [0.2, 0.25) is 0 Å². The molecule has 0 aromatic heterocycles. The quantitative estimate of drug-likeness (QED) is 0.247. The fourth-order valence-electron chi connectivity index (χ4n) is 1.56. The van der Waals surface area contributed by atoms with Crippen molar-refractivity contribution in [2.75, 3.05) is 13.2 Å². The van der Waals surface area contributed by atoms with E-state index < -0.39 is 0 Å². The number of hydrogen-bond acceptors (Lipinski definition) is 3. The molecule has 0 N–H and O–H groups in total. The summed E-state index contributed by atoms with van der Waals surface area (Å²) in [6, 6.07) is 0. The molecule has 0 unspecified atom stereocenters. The number of hydrogen-bond donors (Lipinski definition) is 0. The van der Waals surface area contributed by atoms with Gasteiger partial charge in [0.05, 0.1) is 18.9 Å². The third-order valence-electron chi connectivity index (χ3n) is 2.69. The zero-order chi connectivity index (χ0) is 15.0. The van der Waals surface area contributed by atoms with Crippen LogP contribution in [0.5, 0.6) is 0 Å². The number of amidine groups is 1. The lowest BCUT2D eigenvalue weighted by molar-refractivity contribution is -0.000305. The molecule has 1 saturated heterocycles. The highest BCUT2D eigenvalue weighted by Crippen LogP contribution is 2.16. The van der Waals surface area contributed by atoms with Crippen molar-refractivity contribution in [3.05, 3.63) is 48.9 Å². The molecule has 0 spiro atoms. The highest BCUT2D eigenvalue weighted by molar-refractivity contribution is 6.65. The zero-order valence-corrected chi connectivity index (χ0v) is 12.2. The maximum Gasteiger partial charge on any atom is 0.222 e. The lowest BCUT2D eigenvalue weighted by Crippen LogP contribution is -2.22. The van der Waals surface area contributed by atoms with Gasteiger partial charge in [0.2, 0.25) is 5.29 Å². The smallest absolute Gasteiger partial charge is 0.222 e. The van der Waals surface area contributed by atoms with E-state index in [1.165, 1.54) is 0 Å². The Balaban J connectivity index is 2.45. The van der Waals surface area contributed by atoms with Crippen molar-refractivity contribution in [3.63, 3.8) is 0 Å². The summed E-state index contributed by atoms with van der Waals surface area (Å²) in [5.74, 6) is 0.572. The normalized spacial score (nSPS) is 16.9. The Kier molecular flexibility index (Phi) is 6.98. The number of rotatable bonds is 6. The van der Waals surface area contributed by atoms with Gasteiger partial charge in [0, 0.05) is 12.8 Å². The van der Waals surface area contributed by atoms with Gasteiger partial charge in [-0.2, -0.15) is 0 Å². The number of halogens is 1. The molecule has 0 aromatic carbocycles. The van der Waals surface area contributed by atoms with E-state index in [-0.39, 0.29) is 11.4 Å². The van der Waals surface area contributed by atoms with Gasteiger partial charge in [0.15, 0.2) is 0 Å². The molecule has 1 aliphatic rings. The van der Waals surface area contributed by atoms with Crippen LogP contribution < -0.4 is 0 Å². The molecule has 0 atom stereocenters. The Morgan fingerprint density at radius 3 is 2.45 bits per heavy atom. The maximum absolute atomic E-state index is 5.70. The van der Waals surface area contributed by atoms with Crippen LogP contribution in [0, 0.1) is 0 Å². The molecule has 1 heterocycles. The molecule has 0 aliphatic carbocycles. The van der Waals surface area contributed by atoms with Gasteiger partial charge < -0.3 is 9.47 Å². The third kappa shape index (κ3) is 5.99. The van der Waals surface area contributed by atoms with E-state index in [1.54, 1.807) is 12.2 Å². The summed E-state index contributed by atoms with van der Waals surface area (Å²) in [5, 5.41) is 0.0295. The van der Waals surface area contributed by atoms with Gasteiger partial charge in [-0.1, -0.05) is 19.7 Å². The second-order valence-corrected chi connectivity index (χ2v) is 4.58. The molecule has 4 nitrogen and oxygen atoms in total. The second kappa shape index (κ2) is 8.51. The van der Waals surface area contributed by atoms with Crippen molar-refractivity contribution in [3.8, 4) is 0 Å². The SMILES string of the molecule is C=NC(Cl)=NC(=C)C(=C)/C=C\C(=C)OC1CCOCC1. The molecule has 1 fully saturated rings. The average Bonchev–Trinajstić information content (AvgIpc) is 2.45. The third-order valence-corrected chi connectivity index (χ3v) is 2.89. The Hall–Kier alpha value is -1.65. The molecule has 1 aliphatic heterocycles. The summed E-state index contributed by atoms with van der Waals surface area (Å²) >= 11 is 5.64. The fourth-order valence-corrected chi connectivity index (χ4v) is 1.66. The van der Waals surface area contributed by atoms with Crippen LogP contribution in [0.3, 0.4) is 0 Å². The molecule has 0 bridgehead atoms. The highest BCUT2D eigenvalue weighted by atomic mass is 35.5. The molecule has 108 valence electrons. The number of nitrogens with zero attached hydrogens (tertiary/aromatic N) is 2. The molecule has 0 radical (unpaired) electrons. The molecular weight excluding hydrogens is 276 g/mol. The molecular formula is C15H19ClN2O2. The lowest BCUT2D eigenvalue weighted by Gasteiger charge is -2.23. The van der Waals surface area contributed by atoms with Crippen LogP contribution in [0.1, 0.15) is 12.8 Å². The van der Waals surface area contributed by atoms with E-state index in [0.29, 0.717) is 17.0 Å². The van der Waals surface area contributed by atoms with E-state index in [0.717, 1.165) is 26.1 Å². The minimum Gasteiger partial charge on any atom is -0.491 e. The number of ether oxygens (including phenoxy) is 2. The lowest BCUT2D eigenvalue weighted by atomic mass is 10.1. The van der Waals surface area contributed by atoms with Crippen molar-refractivity contribution >= 4 is 23.6 Å². The van der Waals surface area contributed by atoms with Gasteiger partial charge in [-0.3, -0.25) is 0 Å². The molecule has 5 heteroatoms. The summed E-state index contributed by atoms with van der Waals surface area (Å²) < 4.78 is 11.0. The fraction of sp³-hybridized carbons (Fsp3) is 0.333. The first-order valence-corrected chi connectivity index (χ1v) is 6.61. The van der Waals surface area contributed by atoms with Crippen LogP contribution in [-0.2, 0) is 9.47 Å². The van der Waals surface area contributed by atoms with Crippen molar-refractivity contribution in [2.45, 2.75) is 18.9 Å². The minimum absolute atomic E-state index is 0.0295. The standard InChI is InChI=1S/C15H19ClN2O2/c1-11(13(3)18-15(16)17-4)5-6-12(2)20-14-7-9-19-10-8-14/h5-6,14H,1-4,7-10H2/b6-5-,18-15?. The number of allylic oxidation sites excluding steroid dienone is 2. The van der Waals surface area contributed by atoms with E-state index in [4.69, 9.17) is 21.1 Å². The van der Waals surface area contributed by atoms with Gasteiger partial charge in [0.25, 0.3) is 0 Å². The van der Waals surface area contributed by atoms with Crippen LogP contribution in [0.4, 0.5) is 0 Å². The van der Waals surface area contributed by atoms with Gasteiger partial charge in [-0.25, -0.2) is 9.98 Å². The molecule has 20 heavy (non-hydrogen) atoms. The molecule has 0 amide bonds. The summed E-state index contributed by atoms with van der Waals surface area (Å²) in [6.45, 7) is 16.1. The van der Waals surface area contributed by atoms with E-state index in [2.05, 4.69) is 36.4 Å². The van der Waals surface area contributed by atoms with Crippen molar-refractivity contribution in [2.24, 2.45) is 9.98 Å². The first-order valence-electron chi connectivity index (χ1n) is 6.23. The first kappa shape index (κ1) is 16.4. The first-order chi connectivity index (χ1) is 9.52. The Labute approximate surface area is 124 Å². The van der Waals surface area contributed by atoms with E-state index in [9.17, 15) is 0 Å². The summed E-state index contributed by atoms with van der Waals surface area (Å²) in [6.07, 6.45) is 5.38. The van der Waals surface area contributed by atoms with Crippen LogP contribution in [0.15, 0.2) is 58.9 Å². The van der Waals surface area contributed by atoms with Crippen molar-refractivity contribution < 1.29 is 9.47 Å². The van der Waals surface area contributed by atoms with Gasteiger partial charge in [-0.15, -0.1) is 0 Å². The summed E-state index contributed by atoms with van der Waals surface area (Å²) in [7, 11) is 0. The van der Waals surface area contributed by atoms with Crippen molar-refractivity contribution in [1.29, 1.82) is 0 Å². The minimum atomic E-state index is 0.0295. The Morgan fingerprint density at radius 2 is 1.85 bits per heavy atom. The zero-order valence-electron chi connectivity index (χ0n) is 11.5. The van der Waals surface area contributed by atoms with Gasteiger partial charge in [-0.05, 0) is 36.0 Å². The second-order valence-electron chi connectivity index (χ2n) is 4.24. The Morgan fingerprint density at radius 1 is 1.20 bits per heavy atom. The van der Waals surface area contributed by atoms with Gasteiger partial charge in [0.1, 0.15) is 11.9 Å². The van der Waals surface area contributed by atoms with Crippen LogP contribution >= 0.6 is 11.6 Å². The predicted octanol–water partition coefficient (Wildman–Crippen LogP) is 3.62. The van der Waals surface area contributed by atoms with Crippen LogP contribution in [-0.4, -0.2) is 31.3 Å². The summed E-state index contributed by atoms with van der Waals surface area (Å²) in [5.41, 5.74) is 1.01.